The van der Waals surface area contributed by atoms with Gasteiger partial charge in [0, 0.05) is 4.90 Å². The Morgan fingerprint density at radius 3 is 2.84 bits per heavy atom. The largest absolute Gasteiger partial charge is 0.368 e. The molecule has 0 bridgehead atoms. The Morgan fingerprint density at radius 1 is 1.37 bits per heavy atom. The van der Waals surface area contributed by atoms with Gasteiger partial charge in [-0.2, -0.15) is 0 Å². The average molecular weight is 278 g/mol. The fourth-order valence-corrected chi connectivity index (χ4v) is 2.91. The number of carbonyl (C=O) groups is 2. The Morgan fingerprint density at radius 2 is 2.11 bits per heavy atom. The van der Waals surface area contributed by atoms with E-state index in [9.17, 15) is 9.59 Å². The maximum atomic E-state index is 11.6. The second-order valence-electron chi connectivity index (χ2n) is 4.76. The molecule has 3 N–H and O–H groups in total. The molecule has 1 aromatic rings. The van der Waals surface area contributed by atoms with E-state index in [1.807, 2.05) is 0 Å². The quantitative estimate of drug-likeness (QED) is 0.796. The summed E-state index contributed by atoms with van der Waals surface area (Å²) in [6, 6.07) is 5.75. The lowest BCUT2D eigenvalue weighted by molar-refractivity contribution is -0.125. The predicted octanol–water partition coefficient (Wildman–Crippen LogP) is 1.26. The zero-order chi connectivity index (χ0) is 13.8. The Hall–Kier alpha value is -1.49. The van der Waals surface area contributed by atoms with E-state index in [-0.39, 0.29) is 5.91 Å². The van der Waals surface area contributed by atoms with Crippen molar-refractivity contribution in [3.05, 3.63) is 29.3 Å². The van der Waals surface area contributed by atoms with E-state index in [0.29, 0.717) is 5.75 Å². The number of aryl methyl sites for hydroxylation is 2. The number of thioether (sulfide) groups is 1. The van der Waals surface area contributed by atoms with E-state index in [1.54, 1.807) is 6.92 Å². The molecule has 1 aliphatic rings. The molecule has 4 nitrogen and oxygen atoms in total. The van der Waals surface area contributed by atoms with Crippen LogP contribution >= 0.6 is 11.8 Å². The number of benzene rings is 1. The maximum absolute atomic E-state index is 11.6. The SMILES string of the molecule is CC(NC(=O)CSc1ccc2c(c1)CCC2)C(N)=O. The minimum Gasteiger partial charge on any atom is -0.368 e. The van der Waals surface area contributed by atoms with Crippen LogP contribution in [-0.4, -0.2) is 23.6 Å². The molecule has 1 aromatic carbocycles. The number of nitrogens with one attached hydrogen (secondary N) is 1. The molecule has 0 fully saturated rings. The Bertz CT molecular complexity index is 502. The average Bonchev–Trinajstić information content (AvgIpc) is 2.83. The minimum absolute atomic E-state index is 0.170. The van der Waals surface area contributed by atoms with E-state index in [1.165, 1.54) is 29.3 Å². The zero-order valence-electron chi connectivity index (χ0n) is 10.9. The van der Waals surface area contributed by atoms with Crippen molar-refractivity contribution in [1.82, 2.24) is 5.32 Å². The highest BCUT2D eigenvalue weighted by molar-refractivity contribution is 8.00. The summed E-state index contributed by atoms with van der Waals surface area (Å²) in [7, 11) is 0. The van der Waals surface area contributed by atoms with Crippen LogP contribution in [0.15, 0.2) is 23.1 Å². The smallest absolute Gasteiger partial charge is 0.239 e. The molecule has 0 saturated heterocycles. The molecule has 19 heavy (non-hydrogen) atoms. The Kier molecular flexibility index (Phi) is 4.47. The molecule has 1 unspecified atom stereocenters. The van der Waals surface area contributed by atoms with Crippen LogP contribution in [0.1, 0.15) is 24.5 Å². The number of carbonyl (C=O) groups excluding carboxylic acids is 2. The lowest BCUT2D eigenvalue weighted by atomic mass is 10.1. The van der Waals surface area contributed by atoms with Crippen molar-refractivity contribution < 1.29 is 9.59 Å². The van der Waals surface area contributed by atoms with Crippen molar-refractivity contribution in [3.63, 3.8) is 0 Å². The van der Waals surface area contributed by atoms with Crippen molar-refractivity contribution in [2.24, 2.45) is 5.73 Å². The number of fused-ring (bicyclic) bond motifs is 1. The van der Waals surface area contributed by atoms with E-state index < -0.39 is 11.9 Å². The summed E-state index contributed by atoms with van der Waals surface area (Å²) >= 11 is 1.48. The van der Waals surface area contributed by atoms with Crippen LogP contribution in [0.2, 0.25) is 0 Å². The molecule has 2 rings (SSSR count). The van der Waals surface area contributed by atoms with E-state index in [2.05, 4.69) is 23.5 Å². The first-order valence-corrected chi connectivity index (χ1v) is 7.38. The molecule has 2 amide bonds. The van der Waals surface area contributed by atoms with Gasteiger partial charge in [-0.05, 0) is 49.4 Å². The van der Waals surface area contributed by atoms with Gasteiger partial charge >= 0.3 is 0 Å². The molecule has 102 valence electrons. The monoisotopic (exact) mass is 278 g/mol. The maximum Gasteiger partial charge on any atom is 0.239 e. The number of nitrogens with two attached hydrogens (primary N) is 1. The highest BCUT2D eigenvalue weighted by atomic mass is 32.2. The van der Waals surface area contributed by atoms with Crippen LogP contribution in [0.3, 0.4) is 0 Å². The molecule has 5 heteroatoms. The summed E-state index contributed by atoms with van der Waals surface area (Å²) in [4.78, 5) is 23.6. The van der Waals surface area contributed by atoms with Gasteiger partial charge in [-0.1, -0.05) is 6.07 Å². The van der Waals surface area contributed by atoms with Crippen molar-refractivity contribution in [3.8, 4) is 0 Å². The zero-order valence-corrected chi connectivity index (χ0v) is 11.8. The highest BCUT2D eigenvalue weighted by Gasteiger charge is 2.14. The number of rotatable bonds is 5. The van der Waals surface area contributed by atoms with Crippen LogP contribution < -0.4 is 11.1 Å². The Labute approximate surface area is 117 Å². The van der Waals surface area contributed by atoms with Gasteiger partial charge in [-0.15, -0.1) is 11.8 Å². The molecule has 0 radical (unpaired) electrons. The summed E-state index contributed by atoms with van der Waals surface area (Å²) in [5, 5.41) is 2.57. The van der Waals surface area contributed by atoms with Crippen LogP contribution in [0, 0.1) is 0 Å². The molecule has 0 spiro atoms. The first kappa shape index (κ1) is 13.9. The summed E-state index contributed by atoms with van der Waals surface area (Å²) < 4.78 is 0. The number of primary amides is 1. The fourth-order valence-electron chi connectivity index (χ4n) is 2.14. The summed E-state index contributed by atoms with van der Waals surface area (Å²) in [6.07, 6.45) is 3.52. The first-order chi connectivity index (χ1) is 9.06. The molecule has 0 aromatic heterocycles. The van der Waals surface area contributed by atoms with E-state index >= 15 is 0 Å². The summed E-state index contributed by atoms with van der Waals surface area (Å²) in [6.45, 7) is 1.58. The summed E-state index contributed by atoms with van der Waals surface area (Å²) in [5.74, 6) is -0.385. The highest BCUT2D eigenvalue weighted by Crippen LogP contribution is 2.27. The number of amides is 2. The molecule has 1 atom stereocenters. The van der Waals surface area contributed by atoms with Crippen LogP contribution in [-0.2, 0) is 22.4 Å². The van der Waals surface area contributed by atoms with Crippen molar-refractivity contribution >= 4 is 23.6 Å². The van der Waals surface area contributed by atoms with Crippen molar-refractivity contribution in [1.29, 1.82) is 0 Å². The van der Waals surface area contributed by atoms with Crippen LogP contribution in [0.5, 0.6) is 0 Å². The normalized spacial score (nSPS) is 14.8. The van der Waals surface area contributed by atoms with Gasteiger partial charge in [0.05, 0.1) is 5.75 Å². The third-order valence-electron chi connectivity index (χ3n) is 3.24. The fraction of sp³-hybridized carbons (Fsp3) is 0.429. The van der Waals surface area contributed by atoms with Gasteiger partial charge < -0.3 is 11.1 Å². The van der Waals surface area contributed by atoms with Gasteiger partial charge in [0.25, 0.3) is 0 Å². The standard InChI is InChI=1S/C14H18N2O2S/c1-9(14(15)18)16-13(17)8-19-12-6-5-10-3-2-4-11(10)7-12/h5-7,9H,2-4,8H2,1H3,(H2,15,18)(H,16,17). The minimum atomic E-state index is -0.617. The lowest BCUT2D eigenvalue weighted by Crippen LogP contribution is -2.42. The van der Waals surface area contributed by atoms with Crippen LogP contribution in [0.25, 0.3) is 0 Å². The molecule has 1 aliphatic carbocycles. The topological polar surface area (TPSA) is 72.2 Å². The van der Waals surface area contributed by atoms with E-state index in [4.69, 9.17) is 5.73 Å². The second-order valence-corrected chi connectivity index (χ2v) is 5.81. The van der Waals surface area contributed by atoms with Crippen LogP contribution in [0.4, 0.5) is 0 Å². The molecule has 0 heterocycles. The number of hydrogen-bond donors (Lipinski definition) is 2. The second kappa shape index (κ2) is 6.10. The third kappa shape index (κ3) is 3.73. The summed E-state index contributed by atoms with van der Waals surface area (Å²) in [5.41, 5.74) is 7.92. The lowest BCUT2D eigenvalue weighted by Gasteiger charge is -2.10. The van der Waals surface area contributed by atoms with Gasteiger partial charge in [0.1, 0.15) is 6.04 Å². The van der Waals surface area contributed by atoms with E-state index in [0.717, 1.165) is 17.7 Å². The van der Waals surface area contributed by atoms with Gasteiger partial charge in [0.2, 0.25) is 11.8 Å². The predicted molar refractivity (Wildman–Crippen MR) is 76.0 cm³/mol. The third-order valence-corrected chi connectivity index (χ3v) is 4.24. The van der Waals surface area contributed by atoms with Gasteiger partial charge in [-0.3, -0.25) is 9.59 Å². The number of hydrogen-bond acceptors (Lipinski definition) is 3. The first-order valence-electron chi connectivity index (χ1n) is 6.39. The molecule has 0 aliphatic heterocycles. The van der Waals surface area contributed by atoms with Crippen molar-refractivity contribution in [2.45, 2.75) is 37.1 Å². The Balaban J connectivity index is 1.85. The molecule has 0 saturated carbocycles. The molecular formula is C14H18N2O2S. The van der Waals surface area contributed by atoms with Gasteiger partial charge in [0.15, 0.2) is 0 Å². The molecular weight excluding hydrogens is 260 g/mol. The van der Waals surface area contributed by atoms with Gasteiger partial charge in [-0.25, -0.2) is 0 Å². The van der Waals surface area contributed by atoms with Crippen molar-refractivity contribution in [2.75, 3.05) is 5.75 Å².